The van der Waals surface area contributed by atoms with Crippen LogP contribution in [-0.2, 0) is 6.42 Å². The molecule has 1 saturated carbocycles. The van der Waals surface area contributed by atoms with E-state index < -0.39 is 0 Å². The van der Waals surface area contributed by atoms with E-state index in [1.54, 1.807) is 0 Å². The molecule has 3 unspecified atom stereocenters. The molecule has 1 aliphatic carbocycles. The van der Waals surface area contributed by atoms with E-state index in [1.165, 1.54) is 29.7 Å². The molecule has 2 heteroatoms. The van der Waals surface area contributed by atoms with Crippen molar-refractivity contribution in [1.29, 1.82) is 0 Å². The lowest BCUT2D eigenvalue weighted by Gasteiger charge is -2.17. The fourth-order valence-electron chi connectivity index (χ4n) is 2.48. The molecule has 0 radical (unpaired) electrons. The van der Waals surface area contributed by atoms with Crippen LogP contribution in [0.15, 0.2) is 11.4 Å². The summed E-state index contributed by atoms with van der Waals surface area (Å²) in [5.74, 6) is 1.52. The smallest absolute Gasteiger partial charge is 0.00673 e. The molecule has 1 aliphatic rings. The number of rotatable bonds is 2. The van der Waals surface area contributed by atoms with Crippen molar-refractivity contribution in [2.24, 2.45) is 17.6 Å². The Morgan fingerprint density at radius 1 is 1.50 bits per heavy atom. The highest BCUT2D eigenvalue weighted by Crippen LogP contribution is 2.33. The summed E-state index contributed by atoms with van der Waals surface area (Å²) < 4.78 is 0. The summed E-state index contributed by atoms with van der Waals surface area (Å²) in [5, 5.41) is 2.30. The van der Waals surface area contributed by atoms with Crippen molar-refractivity contribution in [3.8, 4) is 0 Å². The summed E-state index contributed by atoms with van der Waals surface area (Å²) in [6.45, 7) is 4.49. The fraction of sp³-hybridized carbons (Fsp3) is 0.667. The van der Waals surface area contributed by atoms with Crippen molar-refractivity contribution in [3.05, 3.63) is 21.9 Å². The van der Waals surface area contributed by atoms with Crippen LogP contribution in [0.5, 0.6) is 0 Å². The predicted octanol–water partition coefficient (Wildman–Crippen LogP) is 2.97. The molecule has 0 bridgehead atoms. The third-order valence-corrected chi connectivity index (χ3v) is 4.48. The molecule has 14 heavy (non-hydrogen) atoms. The zero-order valence-electron chi connectivity index (χ0n) is 8.99. The maximum Gasteiger partial charge on any atom is 0.00673 e. The number of aryl methyl sites for hydroxylation is 1. The first-order valence-corrected chi connectivity index (χ1v) is 6.34. The third kappa shape index (κ3) is 2.01. The van der Waals surface area contributed by atoms with Gasteiger partial charge in [0.1, 0.15) is 0 Å². The van der Waals surface area contributed by atoms with Crippen molar-refractivity contribution in [1.82, 2.24) is 0 Å². The van der Waals surface area contributed by atoms with Gasteiger partial charge in [0.25, 0.3) is 0 Å². The second-order valence-electron chi connectivity index (χ2n) is 4.63. The van der Waals surface area contributed by atoms with Gasteiger partial charge >= 0.3 is 0 Å². The van der Waals surface area contributed by atoms with Gasteiger partial charge in [-0.1, -0.05) is 6.92 Å². The second kappa shape index (κ2) is 4.03. The van der Waals surface area contributed by atoms with E-state index in [-0.39, 0.29) is 0 Å². The zero-order chi connectivity index (χ0) is 10.1. The Morgan fingerprint density at radius 2 is 2.29 bits per heavy atom. The van der Waals surface area contributed by atoms with Crippen LogP contribution in [0, 0.1) is 18.8 Å². The molecule has 0 aromatic carbocycles. The highest BCUT2D eigenvalue weighted by Gasteiger charge is 2.30. The van der Waals surface area contributed by atoms with Crippen LogP contribution in [0.4, 0.5) is 0 Å². The van der Waals surface area contributed by atoms with Gasteiger partial charge < -0.3 is 5.73 Å². The number of thiophene rings is 1. The lowest BCUT2D eigenvalue weighted by Crippen LogP contribution is -2.25. The van der Waals surface area contributed by atoms with Gasteiger partial charge in [-0.3, -0.25) is 0 Å². The summed E-state index contributed by atoms with van der Waals surface area (Å²) in [6, 6.07) is 2.76. The monoisotopic (exact) mass is 209 g/mol. The first-order valence-electron chi connectivity index (χ1n) is 5.46. The van der Waals surface area contributed by atoms with Crippen LogP contribution < -0.4 is 5.73 Å². The van der Waals surface area contributed by atoms with E-state index in [0.29, 0.717) is 12.0 Å². The summed E-state index contributed by atoms with van der Waals surface area (Å²) in [4.78, 5) is 1.43. The first kappa shape index (κ1) is 10.2. The summed E-state index contributed by atoms with van der Waals surface area (Å²) in [7, 11) is 0. The Labute approximate surface area is 90.3 Å². The lowest BCUT2D eigenvalue weighted by atomic mass is 9.91. The standard InChI is InChI=1S/C12H19NS/c1-8-5-10(7-14-8)6-11-3-4-12(13)9(11)2/h5,7,9,11-12H,3-4,6,13H2,1-2H3. The lowest BCUT2D eigenvalue weighted by molar-refractivity contribution is 0.390. The van der Waals surface area contributed by atoms with Gasteiger partial charge in [0, 0.05) is 10.9 Å². The average molecular weight is 209 g/mol. The minimum Gasteiger partial charge on any atom is -0.327 e. The van der Waals surface area contributed by atoms with Crippen LogP contribution >= 0.6 is 11.3 Å². The largest absolute Gasteiger partial charge is 0.327 e. The molecule has 2 rings (SSSR count). The summed E-state index contributed by atoms with van der Waals surface area (Å²) >= 11 is 1.86. The number of hydrogen-bond donors (Lipinski definition) is 1. The Bertz CT molecular complexity index is 305. The highest BCUT2D eigenvalue weighted by atomic mass is 32.1. The van der Waals surface area contributed by atoms with Gasteiger partial charge in [-0.2, -0.15) is 0 Å². The molecule has 1 fully saturated rings. The molecule has 0 spiro atoms. The molecule has 1 aromatic heterocycles. The number of hydrogen-bond acceptors (Lipinski definition) is 2. The van der Waals surface area contributed by atoms with Gasteiger partial charge in [-0.05, 0) is 55.0 Å². The van der Waals surface area contributed by atoms with Gasteiger partial charge in [0.2, 0.25) is 0 Å². The fourth-order valence-corrected chi connectivity index (χ4v) is 3.20. The number of nitrogens with two attached hydrogens (primary N) is 1. The molecule has 1 aromatic rings. The normalized spacial score (nSPS) is 32.4. The van der Waals surface area contributed by atoms with E-state index in [4.69, 9.17) is 5.73 Å². The molecule has 0 aliphatic heterocycles. The quantitative estimate of drug-likeness (QED) is 0.796. The second-order valence-corrected chi connectivity index (χ2v) is 5.75. The molecule has 3 atom stereocenters. The molecular weight excluding hydrogens is 190 g/mol. The van der Waals surface area contributed by atoms with Crippen LogP contribution in [-0.4, -0.2) is 6.04 Å². The van der Waals surface area contributed by atoms with Gasteiger partial charge in [0.15, 0.2) is 0 Å². The van der Waals surface area contributed by atoms with Crippen LogP contribution in [0.3, 0.4) is 0 Å². The molecule has 0 saturated heterocycles. The SMILES string of the molecule is Cc1cc(CC2CCC(N)C2C)cs1. The van der Waals surface area contributed by atoms with Gasteiger partial charge in [0.05, 0.1) is 0 Å². The third-order valence-electron chi connectivity index (χ3n) is 3.57. The van der Waals surface area contributed by atoms with E-state index in [0.717, 1.165) is 5.92 Å². The Kier molecular flexibility index (Phi) is 2.93. The van der Waals surface area contributed by atoms with Crippen LogP contribution in [0.25, 0.3) is 0 Å². The van der Waals surface area contributed by atoms with Crippen LogP contribution in [0.2, 0.25) is 0 Å². The van der Waals surface area contributed by atoms with Crippen molar-refractivity contribution in [2.45, 2.75) is 39.2 Å². The molecule has 1 nitrogen and oxygen atoms in total. The summed E-state index contributed by atoms with van der Waals surface area (Å²) in [5.41, 5.74) is 7.54. The maximum absolute atomic E-state index is 6.03. The van der Waals surface area contributed by atoms with Gasteiger partial charge in [-0.25, -0.2) is 0 Å². The van der Waals surface area contributed by atoms with Crippen LogP contribution in [0.1, 0.15) is 30.2 Å². The van der Waals surface area contributed by atoms with Crippen molar-refractivity contribution in [2.75, 3.05) is 0 Å². The van der Waals surface area contributed by atoms with E-state index in [1.807, 2.05) is 11.3 Å². The topological polar surface area (TPSA) is 26.0 Å². The van der Waals surface area contributed by atoms with E-state index in [9.17, 15) is 0 Å². The molecule has 2 N–H and O–H groups in total. The zero-order valence-corrected chi connectivity index (χ0v) is 9.81. The molecular formula is C12H19NS. The minimum absolute atomic E-state index is 0.444. The molecule has 0 amide bonds. The van der Waals surface area contributed by atoms with Crippen molar-refractivity contribution in [3.63, 3.8) is 0 Å². The van der Waals surface area contributed by atoms with Crippen molar-refractivity contribution >= 4 is 11.3 Å². The Morgan fingerprint density at radius 3 is 2.79 bits per heavy atom. The van der Waals surface area contributed by atoms with E-state index in [2.05, 4.69) is 25.3 Å². The molecule has 1 heterocycles. The molecule has 78 valence electrons. The Hall–Kier alpha value is -0.340. The van der Waals surface area contributed by atoms with Gasteiger partial charge in [-0.15, -0.1) is 11.3 Å². The first-order chi connectivity index (χ1) is 6.66. The minimum atomic E-state index is 0.444. The predicted molar refractivity (Wildman–Crippen MR) is 62.6 cm³/mol. The maximum atomic E-state index is 6.03. The van der Waals surface area contributed by atoms with Crippen molar-refractivity contribution < 1.29 is 0 Å². The average Bonchev–Trinajstić information content (AvgIpc) is 2.67. The highest BCUT2D eigenvalue weighted by molar-refractivity contribution is 7.10. The Balaban J connectivity index is 1.98. The van der Waals surface area contributed by atoms with E-state index >= 15 is 0 Å². The summed E-state index contributed by atoms with van der Waals surface area (Å²) in [6.07, 6.45) is 3.77.